The second kappa shape index (κ2) is 5.92. The molecule has 0 saturated heterocycles. The van der Waals surface area contributed by atoms with Gasteiger partial charge in [-0.2, -0.15) is 0 Å². The van der Waals surface area contributed by atoms with E-state index in [9.17, 15) is 9.59 Å². The molecule has 2 heterocycles. The van der Waals surface area contributed by atoms with Crippen LogP contribution in [0, 0.1) is 0 Å². The van der Waals surface area contributed by atoms with Crippen molar-refractivity contribution < 1.29 is 14.7 Å². The Hall–Kier alpha value is -2.47. The molecule has 0 aliphatic carbocycles. The summed E-state index contributed by atoms with van der Waals surface area (Å²) in [6.45, 7) is 0. The Bertz CT molecular complexity index is 620. The van der Waals surface area contributed by atoms with E-state index in [2.05, 4.69) is 10.3 Å². The van der Waals surface area contributed by atoms with Gasteiger partial charge in [-0.1, -0.05) is 6.07 Å². The highest BCUT2D eigenvalue weighted by Crippen LogP contribution is 2.19. The molecule has 2 aromatic heterocycles. The maximum Gasteiger partial charge on any atom is 0.328 e. The van der Waals surface area contributed by atoms with Crippen molar-refractivity contribution in [3.8, 4) is 0 Å². The first kappa shape index (κ1) is 13.0. The van der Waals surface area contributed by atoms with E-state index >= 15 is 0 Å². The van der Waals surface area contributed by atoms with E-state index in [1.165, 1.54) is 17.4 Å². The molecule has 0 bridgehead atoms. The molecule has 1 amide bonds. The van der Waals surface area contributed by atoms with Gasteiger partial charge >= 0.3 is 5.97 Å². The molecule has 2 aromatic rings. The third kappa shape index (κ3) is 3.49. The highest BCUT2D eigenvalue weighted by molar-refractivity contribution is 7.12. The number of anilines is 1. The Kier molecular flexibility index (Phi) is 4.04. The van der Waals surface area contributed by atoms with Crippen LogP contribution in [0.25, 0.3) is 6.08 Å². The quantitative estimate of drug-likeness (QED) is 0.839. The molecule has 0 fully saturated rings. The van der Waals surface area contributed by atoms with E-state index in [-0.39, 0.29) is 5.91 Å². The fourth-order valence-corrected chi connectivity index (χ4v) is 2.19. The smallest absolute Gasteiger partial charge is 0.328 e. The van der Waals surface area contributed by atoms with E-state index in [0.717, 1.165) is 6.08 Å². The zero-order valence-corrected chi connectivity index (χ0v) is 10.6. The molecular weight excluding hydrogens is 264 g/mol. The van der Waals surface area contributed by atoms with Crippen molar-refractivity contribution in [2.24, 2.45) is 0 Å². The van der Waals surface area contributed by atoms with Gasteiger partial charge in [0.25, 0.3) is 5.91 Å². The minimum atomic E-state index is -1.05. The lowest BCUT2D eigenvalue weighted by atomic mass is 10.2. The average molecular weight is 274 g/mol. The molecule has 0 radical (unpaired) electrons. The fourth-order valence-electron chi connectivity index (χ4n) is 1.41. The zero-order chi connectivity index (χ0) is 13.7. The molecule has 0 saturated carbocycles. The number of nitrogens with zero attached hydrogens (tertiary/aromatic N) is 1. The summed E-state index contributed by atoms with van der Waals surface area (Å²) in [7, 11) is 0. The van der Waals surface area contributed by atoms with Gasteiger partial charge in [0.05, 0.1) is 4.88 Å². The number of hydrogen-bond acceptors (Lipinski definition) is 4. The number of pyridine rings is 1. The van der Waals surface area contributed by atoms with Crippen molar-refractivity contribution in [2.45, 2.75) is 0 Å². The summed E-state index contributed by atoms with van der Waals surface area (Å²) in [5.41, 5.74) is 0.570. The summed E-state index contributed by atoms with van der Waals surface area (Å²) in [5.74, 6) is -0.907. The Labute approximate surface area is 113 Å². The van der Waals surface area contributed by atoms with Crippen LogP contribution in [0.4, 0.5) is 5.82 Å². The van der Waals surface area contributed by atoms with Crippen molar-refractivity contribution >= 4 is 35.1 Å². The predicted octanol–water partition coefficient (Wildman–Crippen LogP) is 2.49. The lowest BCUT2D eigenvalue weighted by Crippen LogP contribution is -2.12. The number of carbonyl (C=O) groups excluding carboxylic acids is 1. The van der Waals surface area contributed by atoms with Gasteiger partial charge in [-0.3, -0.25) is 4.79 Å². The third-order valence-electron chi connectivity index (χ3n) is 2.21. The molecular formula is C13H10N2O3S. The number of carboxylic acids is 1. The zero-order valence-electron chi connectivity index (χ0n) is 9.74. The van der Waals surface area contributed by atoms with Gasteiger partial charge < -0.3 is 10.4 Å². The van der Waals surface area contributed by atoms with Crippen LogP contribution >= 0.6 is 11.3 Å². The van der Waals surface area contributed by atoms with E-state index in [4.69, 9.17) is 5.11 Å². The second-order valence-corrected chi connectivity index (χ2v) is 4.46. The largest absolute Gasteiger partial charge is 0.478 e. The molecule has 0 atom stereocenters. The Balaban J connectivity index is 2.16. The van der Waals surface area contributed by atoms with Crippen LogP contribution in [0.5, 0.6) is 0 Å². The number of nitrogens with one attached hydrogen (secondary N) is 1. The van der Waals surface area contributed by atoms with Crippen LogP contribution < -0.4 is 5.32 Å². The molecule has 5 nitrogen and oxygen atoms in total. The average Bonchev–Trinajstić information content (AvgIpc) is 2.86. The first-order valence-corrected chi connectivity index (χ1v) is 6.25. The van der Waals surface area contributed by atoms with Crippen LogP contribution in [0.3, 0.4) is 0 Å². The van der Waals surface area contributed by atoms with Gasteiger partial charge in [0.1, 0.15) is 5.82 Å². The van der Waals surface area contributed by atoms with E-state index in [1.807, 2.05) is 0 Å². The predicted molar refractivity (Wildman–Crippen MR) is 73.2 cm³/mol. The van der Waals surface area contributed by atoms with Gasteiger partial charge in [0, 0.05) is 12.3 Å². The second-order valence-electron chi connectivity index (χ2n) is 3.55. The van der Waals surface area contributed by atoms with Gasteiger partial charge in [-0.05, 0) is 35.2 Å². The summed E-state index contributed by atoms with van der Waals surface area (Å²) in [5, 5.41) is 13.0. The maximum absolute atomic E-state index is 12.0. The molecule has 0 aromatic carbocycles. The monoisotopic (exact) mass is 274 g/mol. The lowest BCUT2D eigenvalue weighted by molar-refractivity contribution is -0.131. The summed E-state index contributed by atoms with van der Waals surface area (Å²) in [6, 6.07) is 6.89. The molecule has 0 aliphatic rings. The number of hydrogen-bond donors (Lipinski definition) is 2. The fraction of sp³-hybridized carbons (Fsp3) is 0. The van der Waals surface area contributed by atoms with E-state index in [1.54, 1.807) is 35.8 Å². The summed E-state index contributed by atoms with van der Waals surface area (Å²) in [6.07, 6.45) is 3.97. The molecule has 2 N–H and O–H groups in total. The van der Waals surface area contributed by atoms with Gasteiger partial charge in [0.2, 0.25) is 0 Å². The number of thiophene rings is 1. The number of aliphatic carboxylic acids is 1. The molecule has 0 spiro atoms. The first-order chi connectivity index (χ1) is 9.16. The number of amides is 1. The van der Waals surface area contributed by atoms with E-state index < -0.39 is 5.97 Å². The van der Waals surface area contributed by atoms with Crippen molar-refractivity contribution in [1.29, 1.82) is 0 Å². The summed E-state index contributed by atoms with van der Waals surface area (Å²) < 4.78 is 0. The normalized spacial score (nSPS) is 10.5. The van der Waals surface area contributed by atoms with Crippen molar-refractivity contribution in [2.75, 3.05) is 5.32 Å². The van der Waals surface area contributed by atoms with Crippen LogP contribution in [0.15, 0.2) is 41.9 Å². The minimum Gasteiger partial charge on any atom is -0.478 e. The highest BCUT2D eigenvalue weighted by atomic mass is 32.1. The molecule has 0 unspecified atom stereocenters. The number of rotatable bonds is 4. The Morgan fingerprint density at radius 2 is 2.16 bits per heavy atom. The van der Waals surface area contributed by atoms with Gasteiger partial charge in [0.15, 0.2) is 0 Å². The van der Waals surface area contributed by atoms with Crippen molar-refractivity contribution in [1.82, 2.24) is 4.98 Å². The van der Waals surface area contributed by atoms with Gasteiger partial charge in [-0.25, -0.2) is 9.78 Å². The topological polar surface area (TPSA) is 79.3 Å². The van der Waals surface area contributed by atoms with Crippen LogP contribution in [-0.4, -0.2) is 22.0 Å². The Morgan fingerprint density at radius 3 is 2.84 bits per heavy atom. The molecule has 2 rings (SSSR count). The molecule has 96 valence electrons. The minimum absolute atomic E-state index is 0.307. The van der Waals surface area contributed by atoms with Crippen molar-refractivity contribution in [3.05, 3.63) is 52.4 Å². The van der Waals surface area contributed by atoms with Crippen molar-refractivity contribution in [3.63, 3.8) is 0 Å². The first-order valence-electron chi connectivity index (χ1n) is 5.37. The van der Waals surface area contributed by atoms with Crippen LogP contribution in [-0.2, 0) is 4.79 Å². The number of carboxylic acid groups (broad SMARTS) is 1. The Morgan fingerprint density at radius 1 is 1.32 bits per heavy atom. The summed E-state index contributed by atoms with van der Waals surface area (Å²) in [4.78, 5) is 26.9. The SMILES string of the molecule is O=C(O)C=Cc1ccsc1C(=O)Nc1ccccn1. The van der Waals surface area contributed by atoms with Crippen LogP contribution in [0.1, 0.15) is 15.2 Å². The van der Waals surface area contributed by atoms with Crippen LogP contribution in [0.2, 0.25) is 0 Å². The maximum atomic E-state index is 12.0. The molecule has 0 aliphatic heterocycles. The lowest BCUT2D eigenvalue weighted by Gasteiger charge is -2.02. The highest BCUT2D eigenvalue weighted by Gasteiger charge is 2.12. The third-order valence-corrected chi connectivity index (χ3v) is 3.14. The standard InChI is InChI=1S/C13H10N2O3S/c16-11(17)5-4-9-6-8-19-12(9)13(18)15-10-3-1-2-7-14-10/h1-8H,(H,16,17)(H,14,15,18). The molecule has 19 heavy (non-hydrogen) atoms. The molecule has 6 heteroatoms. The summed E-state index contributed by atoms with van der Waals surface area (Å²) >= 11 is 1.24. The number of aromatic nitrogens is 1. The number of carbonyl (C=O) groups is 2. The van der Waals surface area contributed by atoms with Gasteiger partial charge in [-0.15, -0.1) is 11.3 Å². The van der Waals surface area contributed by atoms with E-state index in [0.29, 0.717) is 16.3 Å².